The molecule has 3 rings (SSSR count). The first-order chi connectivity index (χ1) is 12.8. The minimum Gasteiger partial charge on any atom is -0.444 e. The number of pyridine rings is 1. The Bertz CT molecular complexity index is 841. The van der Waals surface area contributed by atoms with E-state index in [4.69, 9.17) is 4.74 Å². The van der Waals surface area contributed by atoms with E-state index in [1.54, 1.807) is 0 Å². The van der Waals surface area contributed by atoms with Gasteiger partial charge in [-0.2, -0.15) is 0 Å². The molecule has 1 aromatic carbocycles. The lowest BCUT2D eigenvalue weighted by Crippen LogP contribution is -2.51. The quantitative estimate of drug-likeness (QED) is 0.860. The molecule has 0 saturated carbocycles. The number of piperidine rings is 1. The second kappa shape index (κ2) is 7.59. The first-order valence-electron chi connectivity index (χ1n) is 9.51. The maximum atomic E-state index is 12.2. The fraction of sp³-hybridized carbons (Fsp3) is 0.455. The highest BCUT2D eigenvalue weighted by Gasteiger charge is 2.28. The SMILES string of the molecule is C=Cc1ccc(N2C[C@@H](C)C[C@@H](NC(=O)OC(C)(C)C)C2)c2cccnc12. The van der Waals surface area contributed by atoms with Crippen LogP contribution in [-0.2, 0) is 4.74 Å². The van der Waals surface area contributed by atoms with E-state index in [-0.39, 0.29) is 12.1 Å². The van der Waals surface area contributed by atoms with Crippen LogP contribution in [0.2, 0.25) is 0 Å². The number of carbonyl (C=O) groups excluding carboxylic acids is 1. The van der Waals surface area contributed by atoms with E-state index in [9.17, 15) is 4.79 Å². The van der Waals surface area contributed by atoms with Crippen LogP contribution in [0.4, 0.5) is 10.5 Å². The number of hydrogen-bond acceptors (Lipinski definition) is 4. The first-order valence-corrected chi connectivity index (χ1v) is 9.51. The molecule has 1 amide bonds. The van der Waals surface area contributed by atoms with E-state index in [1.165, 1.54) is 0 Å². The molecule has 5 nitrogen and oxygen atoms in total. The summed E-state index contributed by atoms with van der Waals surface area (Å²) in [5.41, 5.74) is 2.64. The van der Waals surface area contributed by atoms with E-state index >= 15 is 0 Å². The predicted octanol–water partition coefficient (Wildman–Crippen LogP) is 4.62. The Balaban J connectivity index is 1.84. The summed E-state index contributed by atoms with van der Waals surface area (Å²) in [5.74, 6) is 0.462. The minimum atomic E-state index is -0.494. The molecule has 0 spiro atoms. The van der Waals surface area contributed by atoms with Crippen LogP contribution in [0.15, 0.2) is 37.0 Å². The molecule has 5 heteroatoms. The zero-order valence-electron chi connectivity index (χ0n) is 16.7. The van der Waals surface area contributed by atoms with Crippen LogP contribution in [0.25, 0.3) is 17.0 Å². The number of fused-ring (bicyclic) bond motifs is 1. The summed E-state index contributed by atoms with van der Waals surface area (Å²) in [6.45, 7) is 13.4. The van der Waals surface area contributed by atoms with Crippen LogP contribution in [-0.4, -0.2) is 35.8 Å². The van der Waals surface area contributed by atoms with Crippen molar-refractivity contribution in [1.82, 2.24) is 10.3 Å². The van der Waals surface area contributed by atoms with Crippen molar-refractivity contribution in [3.05, 3.63) is 42.6 Å². The van der Waals surface area contributed by atoms with Gasteiger partial charge in [0.05, 0.1) is 5.52 Å². The zero-order valence-corrected chi connectivity index (χ0v) is 16.7. The van der Waals surface area contributed by atoms with E-state index in [0.717, 1.165) is 41.7 Å². The summed E-state index contributed by atoms with van der Waals surface area (Å²) in [6.07, 6.45) is 4.24. The topological polar surface area (TPSA) is 54.5 Å². The molecule has 1 aliphatic rings. The largest absolute Gasteiger partial charge is 0.444 e. The third-order valence-electron chi connectivity index (χ3n) is 4.72. The average molecular weight is 367 g/mol. The van der Waals surface area contributed by atoms with Crippen molar-refractivity contribution in [2.75, 3.05) is 18.0 Å². The molecule has 0 aliphatic carbocycles. The van der Waals surface area contributed by atoms with Gasteiger partial charge in [0.1, 0.15) is 5.60 Å². The molecule has 2 heterocycles. The van der Waals surface area contributed by atoms with Crippen LogP contribution in [0.3, 0.4) is 0 Å². The fourth-order valence-electron chi connectivity index (χ4n) is 3.75. The maximum absolute atomic E-state index is 12.2. The predicted molar refractivity (Wildman–Crippen MR) is 111 cm³/mol. The lowest BCUT2D eigenvalue weighted by Gasteiger charge is -2.39. The Morgan fingerprint density at radius 2 is 2.11 bits per heavy atom. The van der Waals surface area contributed by atoms with E-state index in [2.05, 4.69) is 46.9 Å². The molecule has 0 unspecified atom stereocenters. The van der Waals surface area contributed by atoms with Gasteiger partial charge in [0, 0.05) is 42.0 Å². The Labute approximate surface area is 161 Å². The molecule has 27 heavy (non-hydrogen) atoms. The average Bonchev–Trinajstić information content (AvgIpc) is 2.58. The molecule has 2 aromatic rings. The zero-order chi connectivity index (χ0) is 19.6. The molecule has 0 radical (unpaired) electrons. The number of carbonyl (C=O) groups is 1. The molecule has 1 aliphatic heterocycles. The number of nitrogens with one attached hydrogen (secondary N) is 1. The van der Waals surface area contributed by atoms with Crippen LogP contribution >= 0.6 is 0 Å². The van der Waals surface area contributed by atoms with Crippen LogP contribution < -0.4 is 10.2 Å². The van der Waals surface area contributed by atoms with Crippen LogP contribution in [0, 0.1) is 5.92 Å². The van der Waals surface area contributed by atoms with E-state index in [0.29, 0.717) is 5.92 Å². The molecular weight excluding hydrogens is 338 g/mol. The highest BCUT2D eigenvalue weighted by molar-refractivity contribution is 5.96. The number of ether oxygens (including phenoxy) is 1. The van der Waals surface area contributed by atoms with E-state index < -0.39 is 5.60 Å². The highest BCUT2D eigenvalue weighted by atomic mass is 16.6. The minimum absolute atomic E-state index is 0.0504. The molecule has 1 saturated heterocycles. The van der Waals surface area contributed by atoms with E-state index in [1.807, 2.05) is 39.1 Å². The molecule has 1 aromatic heterocycles. The Kier molecular flexibility index (Phi) is 5.40. The van der Waals surface area contributed by atoms with Gasteiger partial charge in [0.25, 0.3) is 0 Å². The van der Waals surface area contributed by atoms with Crippen LogP contribution in [0.5, 0.6) is 0 Å². The van der Waals surface area contributed by atoms with Gasteiger partial charge >= 0.3 is 6.09 Å². The number of amides is 1. The van der Waals surface area contributed by atoms with Crippen molar-refractivity contribution < 1.29 is 9.53 Å². The highest BCUT2D eigenvalue weighted by Crippen LogP contribution is 2.31. The summed E-state index contributed by atoms with van der Waals surface area (Å²) >= 11 is 0. The summed E-state index contributed by atoms with van der Waals surface area (Å²) in [4.78, 5) is 19.1. The normalized spacial score (nSPS) is 20.4. The van der Waals surface area contributed by atoms with Gasteiger partial charge in [0.15, 0.2) is 0 Å². The summed E-state index contributed by atoms with van der Waals surface area (Å²) in [6, 6.07) is 8.30. The second-order valence-electron chi connectivity index (χ2n) is 8.37. The number of nitrogens with zero attached hydrogens (tertiary/aromatic N) is 2. The van der Waals surface area contributed by atoms with Gasteiger partial charge in [-0.25, -0.2) is 4.79 Å². The Morgan fingerprint density at radius 3 is 2.81 bits per heavy atom. The smallest absolute Gasteiger partial charge is 0.407 e. The number of anilines is 1. The van der Waals surface area contributed by atoms with Gasteiger partial charge in [-0.05, 0) is 51.3 Å². The summed E-state index contributed by atoms with van der Waals surface area (Å²) in [7, 11) is 0. The summed E-state index contributed by atoms with van der Waals surface area (Å²) in [5, 5.41) is 4.15. The van der Waals surface area contributed by atoms with Crippen LogP contribution in [0.1, 0.15) is 39.7 Å². The van der Waals surface area contributed by atoms with Crippen molar-refractivity contribution in [2.45, 2.75) is 45.8 Å². The Hall–Kier alpha value is -2.56. The fourth-order valence-corrected chi connectivity index (χ4v) is 3.75. The first kappa shape index (κ1) is 19.2. The lowest BCUT2D eigenvalue weighted by atomic mass is 9.94. The number of aromatic nitrogens is 1. The van der Waals surface area contributed by atoms with Crippen molar-refractivity contribution in [2.24, 2.45) is 5.92 Å². The maximum Gasteiger partial charge on any atom is 0.407 e. The van der Waals surface area contributed by atoms with Crippen molar-refractivity contribution in [3.8, 4) is 0 Å². The molecule has 2 atom stereocenters. The van der Waals surface area contributed by atoms with Gasteiger partial charge in [-0.1, -0.05) is 25.6 Å². The molecular formula is C22H29N3O2. The number of hydrogen-bond donors (Lipinski definition) is 1. The van der Waals surface area contributed by atoms with Gasteiger partial charge in [-0.15, -0.1) is 0 Å². The molecule has 144 valence electrons. The third-order valence-corrected chi connectivity index (χ3v) is 4.72. The number of alkyl carbamates (subject to hydrolysis) is 1. The molecule has 1 N–H and O–H groups in total. The van der Waals surface area contributed by atoms with Gasteiger partial charge in [0.2, 0.25) is 0 Å². The lowest BCUT2D eigenvalue weighted by molar-refractivity contribution is 0.0495. The number of rotatable bonds is 3. The summed E-state index contributed by atoms with van der Waals surface area (Å²) < 4.78 is 5.43. The van der Waals surface area contributed by atoms with Gasteiger partial charge < -0.3 is 15.0 Å². The van der Waals surface area contributed by atoms with Crippen molar-refractivity contribution >= 4 is 28.8 Å². The number of benzene rings is 1. The Morgan fingerprint density at radius 1 is 1.33 bits per heavy atom. The third kappa shape index (κ3) is 4.59. The second-order valence-corrected chi connectivity index (χ2v) is 8.37. The monoisotopic (exact) mass is 367 g/mol. The standard InChI is InChI=1S/C22H29N3O2/c1-6-16-9-10-19(18-8-7-11-23-20(16)18)25-13-15(2)12-17(14-25)24-21(26)27-22(3,4)5/h6-11,15,17H,1,12-14H2,2-5H3,(H,24,26)/t15-,17+/m0/s1. The molecule has 0 bridgehead atoms. The molecule has 1 fully saturated rings. The van der Waals surface area contributed by atoms with Gasteiger partial charge in [-0.3, -0.25) is 4.98 Å². The van der Waals surface area contributed by atoms with Crippen molar-refractivity contribution in [3.63, 3.8) is 0 Å². The van der Waals surface area contributed by atoms with Crippen molar-refractivity contribution in [1.29, 1.82) is 0 Å².